The lowest BCUT2D eigenvalue weighted by Crippen LogP contribution is -2.19. The molecule has 1 aromatic carbocycles. The number of hydrogen-bond acceptors (Lipinski definition) is 4. The smallest absolute Gasteiger partial charge is 0.182 e. The molecule has 16 heavy (non-hydrogen) atoms. The van der Waals surface area contributed by atoms with E-state index >= 15 is 0 Å². The van der Waals surface area contributed by atoms with Crippen molar-refractivity contribution in [3.63, 3.8) is 0 Å². The number of benzene rings is 1. The Morgan fingerprint density at radius 3 is 2.88 bits per heavy atom. The van der Waals surface area contributed by atoms with E-state index in [-0.39, 0.29) is 0 Å². The molecular formula is C11H13N5. The second-order valence-corrected chi connectivity index (χ2v) is 4.16. The predicted octanol–water partition coefficient (Wildman–Crippen LogP) is 1.65. The van der Waals surface area contributed by atoms with Crippen LogP contribution in [0.15, 0.2) is 24.3 Å². The van der Waals surface area contributed by atoms with Crippen LogP contribution in [0.2, 0.25) is 0 Å². The first-order valence-corrected chi connectivity index (χ1v) is 5.48. The monoisotopic (exact) mass is 215 g/mol. The Morgan fingerprint density at radius 1 is 1.31 bits per heavy atom. The van der Waals surface area contributed by atoms with E-state index in [1.54, 1.807) is 0 Å². The molecule has 0 atom stereocenters. The number of anilines is 1. The molecule has 0 aliphatic heterocycles. The molecule has 5 heteroatoms. The molecule has 0 amide bonds. The number of nitrogens with zero attached hydrogens (tertiary/aromatic N) is 4. The van der Waals surface area contributed by atoms with Crippen LogP contribution in [0.1, 0.15) is 25.3 Å². The largest absolute Gasteiger partial charge is 0.399 e. The molecule has 3 rings (SSSR count). The van der Waals surface area contributed by atoms with Gasteiger partial charge in [-0.05, 0) is 41.8 Å². The van der Waals surface area contributed by atoms with Crippen LogP contribution < -0.4 is 5.73 Å². The van der Waals surface area contributed by atoms with E-state index in [9.17, 15) is 0 Å². The summed E-state index contributed by atoms with van der Waals surface area (Å²) in [5.74, 6) is 0.817. The molecule has 1 heterocycles. The fourth-order valence-electron chi connectivity index (χ4n) is 1.94. The lowest BCUT2D eigenvalue weighted by Gasteiger charge is -2.25. The van der Waals surface area contributed by atoms with Gasteiger partial charge in [0.2, 0.25) is 0 Å². The first-order chi connectivity index (χ1) is 7.84. The minimum atomic E-state index is 0.464. The molecular weight excluding hydrogens is 202 g/mol. The van der Waals surface area contributed by atoms with Crippen LogP contribution >= 0.6 is 0 Å². The van der Waals surface area contributed by atoms with Crippen LogP contribution in [0.25, 0.3) is 11.4 Å². The maximum absolute atomic E-state index is 5.76. The summed E-state index contributed by atoms with van der Waals surface area (Å²) < 4.78 is 1.91. The van der Waals surface area contributed by atoms with E-state index in [0.717, 1.165) is 17.1 Å². The molecule has 0 saturated heterocycles. The van der Waals surface area contributed by atoms with Crippen molar-refractivity contribution in [1.29, 1.82) is 0 Å². The average Bonchev–Trinajstić information content (AvgIpc) is 2.64. The molecule has 0 spiro atoms. The maximum Gasteiger partial charge on any atom is 0.182 e. The molecule has 1 aromatic heterocycles. The van der Waals surface area contributed by atoms with E-state index in [1.165, 1.54) is 19.3 Å². The van der Waals surface area contributed by atoms with Gasteiger partial charge in [-0.25, -0.2) is 4.68 Å². The van der Waals surface area contributed by atoms with E-state index in [4.69, 9.17) is 5.73 Å². The van der Waals surface area contributed by atoms with Crippen molar-refractivity contribution >= 4 is 5.69 Å². The summed E-state index contributed by atoms with van der Waals surface area (Å²) in [6.07, 6.45) is 3.60. The Labute approximate surface area is 93.3 Å². The lowest BCUT2D eigenvalue weighted by molar-refractivity contribution is 0.287. The quantitative estimate of drug-likeness (QED) is 0.773. The number of rotatable bonds is 2. The molecule has 2 N–H and O–H groups in total. The zero-order valence-corrected chi connectivity index (χ0v) is 8.87. The van der Waals surface area contributed by atoms with Gasteiger partial charge >= 0.3 is 0 Å². The summed E-state index contributed by atoms with van der Waals surface area (Å²) in [5, 5.41) is 11.9. The van der Waals surface area contributed by atoms with Crippen molar-refractivity contribution in [2.75, 3.05) is 5.73 Å². The van der Waals surface area contributed by atoms with Gasteiger partial charge in [-0.15, -0.1) is 5.10 Å². The zero-order chi connectivity index (χ0) is 11.0. The van der Waals surface area contributed by atoms with Crippen LogP contribution in [0, 0.1) is 0 Å². The topological polar surface area (TPSA) is 69.6 Å². The van der Waals surface area contributed by atoms with Crippen LogP contribution in [0.3, 0.4) is 0 Å². The number of tetrazole rings is 1. The van der Waals surface area contributed by atoms with Crippen molar-refractivity contribution in [1.82, 2.24) is 20.2 Å². The molecule has 0 unspecified atom stereocenters. The first-order valence-electron chi connectivity index (χ1n) is 5.48. The van der Waals surface area contributed by atoms with Gasteiger partial charge in [-0.2, -0.15) is 0 Å². The van der Waals surface area contributed by atoms with E-state index in [1.807, 2.05) is 28.9 Å². The molecule has 1 aliphatic rings. The van der Waals surface area contributed by atoms with E-state index < -0.39 is 0 Å². The Hall–Kier alpha value is -1.91. The third-order valence-corrected chi connectivity index (χ3v) is 3.06. The van der Waals surface area contributed by atoms with Crippen LogP contribution in [-0.2, 0) is 0 Å². The average molecular weight is 215 g/mol. The Balaban J connectivity index is 2.02. The van der Waals surface area contributed by atoms with Gasteiger partial charge in [0.05, 0.1) is 6.04 Å². The second kappa shape index (κ2) is 3.59. The Bertz CT molecular complexity index is 501. The van der Waals surface area contributed by atoms with Gasteiger partial charge in [0.15, 0.2) is 5.82 Å². The van der Waals surface area contributed by atoms with Crippen molar-refractivity contribution in [3.8, 4) is 11.4 Å². The van der Waals surface area contributed by atoms with Gasteiger partial charge in [-0.1, -0.05) is 12.1 Å². The summed E-state index contributed by atoms with van der Waals surface area (Å²) in [6.45, 7) is 0. The molecule has 5 nitrogen and oxygen atoms in total. The van der Waals surface area contributed by atoms with Gasteiger partial charge < -0.3 is 5.73 Å². The maximum atomic E-state index is 5.76. The van der Waals surface area contributed by atoms with Crippen LogP contribution in [0.5, 0.6) is 0 Å². The molecule has 0 bridgehead atoms. The van der Waals surface area contributed by atoms with Gasteiger partial charge in [-0.3, -0.25) is 0 Å². The van der Waals surface area contributed by atoms with Crippen molar-refractivity contribution in [3.05, 3.63) is 24.3 Å². The van der Waals surface area contributed by atoms with Crippen molar-refractivity contribution < 1.29 is 0 Å². The van der Waals surface area contributed by atoms with Crippen LogP contribution in [-0.4, -0.2) is 20.2 Å². The summed E-state index contributed by atoms with van der Waals surface area (Å²) in [6, 6.07) is 8.13. The molecule has 2 aromatic rings. The standard InChI is InChI=1S/C11H13N5/c12-9-4-1-3-8(7-9)11-13-14-15-16(11)10-5-2-6-10/h1,3-4,7,10H,2,5-6,12H2. The molecule has 1 saturated carbocycles. The SMILES string of the molecule is Nc1cccc(-c2nnnn2C2CCC2)c1. The fourth-order valence-corrected chi connectivity index (χ4v) is 1.94. The highest BCUT2D eigenvalue weighted by Gasteiger charge is 2.24. The Morgan fingerprint density at radius 2 is 2.19 bits per heavy atom. The highest BCUT2D eigenvalue weighted by Crippen LogP contribution is 2.33. The summed E-state index contributed by atoms with van der Waals surface area (Å²) in [5.41, 5.74) is 7.48. The summed E-state index contributed by atoms with van der Waals surface area (Å²) in [4.78, 5) is 0. The highest BCUT2D eigenvalue weighted by molar-refractivity contribution is 5.60. The molecule has 1 aliphatic carbocycles. The number of hydrogen-bond donors (Lipinski definition) is 1. The predicted molar refractivity (Wildman–Crippen MR) is 60.6 cm³/mol. The van der Waals surface area contributed by atoms with Crippen molar-refractivity contribution in [2.24, 2.45) is 0 Å². The number of nitrogens with two attached hydrogens (primary N) is 1. The third kappa shape index (κ3) is 1.44. The molecule has 82 valence electrons. The van der Waals surface area contributed by atoms with Gasteiger partial charge in [0, 0.05) is 11.3 Å². The number of nitrogen functional groups attached to an aromatic ring is 1. The zero-order valence-electron chi connectivity index (χ0n) is 8.87. The van der Waals surface area contributed by atoms with Crippen molar-refractivity contribution in [2.45, 2.75) is 25.3 Å². The summed E-state index contributed by atoms with van der Waals surface area (Å²) in [7, 11) is 0. The highest BCUT2D eigenvalue weighted by atomic mass is 15.6. The minimum Gasteiger partial charge on any atom is -0.399 e. The first kappa shape index (κ1) is 9.33. The van der Waals surface area contributed by atoms with E-state index in [2.05, 4.69) is 15.5 Å². The van der Waals surface area contributed by atoms with Gasteiger partial charge in [0.1, 0.15) is 0 Å². The second-order valence-electron chi connectivity index (χ2n) is 4.16. The Kier molecular flexibility index (Phi) is 2.09. The van der Waals surface area contributed by atoms with Gasteiger partial charge in [0.25, 0.3) is 0 Å². The molecule has 1 fully saturated rings. The third-order valence-electron chi connectivity index (χ3n) is 3.06. The minimum absolute atomic E-state index is 0.464. The van der Waals surface area contributed by atoms with E-state index in [0.29, 0.717) is 6.04 Å². The lowest BCUT2D eigenvalue weighted by atomic mass is 9.93. The number of aromatic nitrogens is 4. The molecule has 0 radical (unpaired) electrons. The fraction of sp³-hybridized carbons (Fsp3) is 0.364. The van der Waals surface area contributed by atoms with Crippen LogP contribution in [0.4, 0.5) is 5.69 Å². The normalized spacial score (nSPS) is 16.0. The summed E-state index contributed by atoms with van der Waals surface area (Å²) >= 11 is 0.